The van der Waals surface area contributed by atoms with Crippen LogP contribution in [0, 0.1) is 0 Å². The molecule has 0 saturated carbocycles. The van der Waals surface area contributed by atoms with Crippen LogP contribution in [0.25, 0.3) is 22.3 Å². The van der Waals surface area contributed by atoms with Gasteiger partial charge < -0.3 is 15.1 Å². The van der Waals surface area contributed by atoms with Crippen molar-refractivity contribution in [1.29, 1.82) is 0 Å². The van der Waals surface area contributed by atoms with E-state index in [2.05, 4.69) is 84.9 Å². The molecule has 3 nitrogen and oxygen atoms in total. The summed E-state index contributed by atoms with van der Waals surface area (Å²) < 4.78 is 0. The van der Waals surface area contributed by atoms with Crippen LogP contribution in [0.15, 0.2) is 84.9 Å². The monoisotopic (exact) mass is 292 g/mol. The Bertz CT molecular complexity index is 624. The summed E-state index contributed by atoms with van der Waals surface area (Å²) >= 11 is 0. The molecule has 0 aromatic heterocycles. The lowest BCUT2D eigenvalue weighted by Gasteiger charge is -2.09. The average Bonchev–Trinajstić information content (AvgIpc) is 2.56. The lowest BCUT2D eigenvalue weighted by atomic mass is 9.95. The Morgan fingerprint density at radius 1 is 0.455 bits per heavy atom. The van der Waals surface area contributed by atoms with Crippen molar-refractivity contribution < 1.29 is 15.1 Å². The summed E-state index contributed by atoms with van der Waals surface area (Å²) in [6, 6.07) is 29.6. The van der Waals surface area contributed by atoms with Crippen LogP contribution in [0.3, 0.4) is 0 Å². The molecule has 4 heteroatoms. The highest BCUT2D eigenvalue weighted by molar-refractivity contribution is 6.30. The van der Waals surface area contributed by atoms with Crippen molar-refractivity contribution in [3.05, 3.63) is 84.9 Å². The van der Waals surface area contributed by atoms with Gasteiger partial charge in [-0.05, 0) is 22.3 Å². The van der Waals surface area contributed by atoms with E-state index in [0.29, 0.717) is 0 Å². The molecular weight excluding hydrogens is 275 g/mol. The summed E-state index contributed by atoms with van der Waals surface area (Å²) in [6.45, 7) is 0. The molecule has 22 heavy (non-hydrogen) atoms. The minimum atomic E-state index is -2.17. The van der Waals surface area contributed by atoms with Crippen LogP contribution in [0.2, 0.25) is 0 Å². The van der Waals surface area contributed by atoms with E-state index in [1.54, 1.807) is 0 Å². The fourth-order valence-corrected chi connectivity index (χ4v) is 2.22. The minimum absolute atomic E-state index is 1.26. The van der Waals surface area contributed by atoms with Gasteiger partial charge in [-0.2, -0.15) is 0 Å². The van der Waals surface area contributed by atoms with Crippen molar-refractivity contribution in [2.45, 2.75) is 0 Å². The first-order chi connectivity index (χ1) is 10.7. The van der Waals surface area contributed by atoms with Gasteiger partial charge in [-0.25, -0.2) is 0 Å². The van der Waals surface area contributed by atoms with Crippen LogP contribution in [0.1, 0.15) is 0 Å². The third-order valence-electron chi connectivity index (χ3n) is 3.10. The van der Waals surface area contributed by atoms with E-state index in [1.165, 1.54) is 22.3 Å². The van der Waals surface area contributed by atoms with Crippen LogP contribution >= 0.6 is 0 Å². The van der Waals surface area contributed by atoms with E-state index in [1.807, 2.05) is 0 Å². The normalized spacial score (nSPS) is 9.59. The molecule has 3 rings (SSSR count). The molecule has 110 valence electrons. The van der Waals surface area contributed by atoms with Crippen molar-refractivity contribution in [2.75, 3.05) is 0 Å². The van der Waals surface area contributed by atoms with E-state index in [9.17, 15) is 0 Å². The molecule has 0 amide bonds. The molecule has 3 aromatic rings. The van der Waals surface area contributed by atoms with Crippen molar-refractivity contribution in [2.24, 2.45) is 0 Å². The van der Waals surface area contributed by atoms with Gasteiger partial charge in [0, 0.05) is 0 Å². The molecule has 0 radical (unpaired) electrons. The SMILES string of the molecule is OB(O)O.c1ccc(-c2ccccc2-c2ccccc2)cc1. The zero-order valence-electron chi connectivity index (χ0n) is 12.0. The summed E-state index contributed by atoms with van der Waals surface area (Å²) in [5.74, 6) is 0. The topological polar surface area (TPSA) is 60.7 Å². The van der Waals surface area contributed by atoms with Crippen LogP contribution in [-0.4, -0.2) is 22.4 Å². The Morgan fingerprint density at radius 2 is 0.727 bits per heavy atom. The highest BCUT2D eigenvalue weighted by Gasteiger charge is 2.05. The molecule has 0 bridgehead atoms. The summed E-state index contributed by atoms with van der Waals surface area (Å²) in [5.41, 5.74) is 5.09. The maximum Gasteiger partial charge on any atom is 0.631 e. The van der Waals surface area contributed by atoms with Crippen LogP contribution < -0.4 is 0 Å². The zero-order valence-corrected chi connectivity index (χ0v) is 12.0. The standard InChI is InChI=1S/C18H14.BH3O3/c1-3-9-15(10-4-1)17-13-7-8-14-18(17)16-11-5-2-6-12-16;2-1(3)4/h1-14H;2-4H. The van der Waals surface area contributed by atoms with Crippen molar-refractivity contribution in [1.82, 2.24) is 0 Å². The molecule has 0 spiro atoms. The highest BCUT2D eigenvalue weighted by Crippen LogP contribution is 2.31. The summed E-state index contributed by atoms with van der Waals surface area (Å²) in [4.78, 5) is 0. The fourth-order valence-electron chi connectivity index (χ4n) is 2.22. The quantitative estimate of drug-likeness (QED) is 0.636. The van der Waals surface area contributed by atoms with Gasteiger partial charge in [0.2, 0.25) is 0 Å². The van der Waals surface area contributed by atoms with E-state index >= 15 is 0 Å². The second kappa shape index (κ2) is 8.15. The molecule has 0 unspecified atom stereocenters. The molecule has 0 atom stereocenters. The molecule has 3 N–H and O–H groups in total. The number of benzene rings is 3. The first-order valence-electron chi connectivity index (χ1n) is 6.92. The molecule has 0 aliphatic carbocycles. The summed E-state index contributed by atoms with van der Waals surface area (Å²) in [5, 5.41) is 21.5. The number of rotatable bonds is 2. The van der Waals surface area contributed by atoms with E-state index in [4.69, 9.17) is 15.1 Å². The van der Waals surface area contributed by atoms with Crippen molar-refractivity contribution in [3.8, 4) is 22.3 Å². The van der Waals surface area contributed by atoms with Gasteiger partial charge in [0.15, 0.2) is 0 Å². The zero-order chi connectivity index (χ0) is 15.8. The summed E-state index contributed by atoms with van der Waals surface area (Å²) in [6.07, 6.45) is 0. The molecular formula is C18H17BO3. The highest BCUT2D eigenvalue weighted by atomic mass is 16.5. The maximum atomic E-state index is 7.17. The average molecular weight is 292 g/mol. The van der Waals surface area contributed by atoms with E-state index < -0.39 is 7.32 Å². The summed E-state index contributed by atoms with van der Waals surface area (Å²) in [7, 11) is -2.17. The molecule has 3 aromatic carbocycles. The maximum absolute atomic E-state index is 7.17. The Morgan fingerprint density at radius 3 is 1.05 bits per heavy atom. The molecule has 0 fully saturated rings. The third kappa shape index (κ3) is 4.57. The first kappa shape index (κ1) is 16.0. The smallest absolute Gasteiger partial charge is 0.402 e. The number of hydrogen-bond donors (Lipinski definition) is 3. The predicted molar refractivity (Wildman–Crippen MR) is 89.7 cm³/mol. The second-order valence-electron chi connectivity index (χ2n) is 4.62. The lowest BCUT2D eigenvalue weighted by molar-refractivity contribution is 0.278. The van der Waals surface area contributed by atoms with Gasteiger partial charge in [-0.1, -0.05) is 84.9 Å². The minimum Gasteiger partial charge on any atom is -0.402 e. The largest absolute Gasteiger partial charge is 0.631 e. The number of hydrogen-bond acceptors (Lipinski definition) is 3. The van der Waals surface area contributed by atoms with Gasteiger partial charge in [0.25, 0.3) is 0 Å². The van der Waals surface area contributed by atoms with Crippen molar-refractivity contribution >= 4 is 7.32 Å². The fraction of sp³-hybridized carbons (Fsp3) is 0. The van der Waals surface area contributed by atoms with E-state index in [-0.39, 0.29) is 0 Å². The van der Waals surface area contributed by atoms with Gasteiger partial charge >= 0.3 is 7.32 Å². The molecule has 0 heterocycles. The van der Waals surface area contributed by atoms with Crippen LogP contribution in [0.5, 0.6) is 0 Å². The Hall–Kier alpha value is -2.40. The molecule has 0 aliphatic heterocycles. The van der Waals surface area contributed by atoms with Gasteiger partial charge in [0.1, 0.15) is 0 Å². The van der Waals surface area contributed by atoms with Crippen molar-refractivity contribution in [3.63, 3.8) is 0 Å². The Labute approximate surface area is 130 Å². The van der Waals surface area contributed by atoms with Crippen LogP contribution in [-0.2, 0) is 0 Å². The molecule has 0 saturated heterocycles. The van der Waals surface area contributed by atoms with Gasteiger partial charge in [-0.15, -0.1) is 0 Å². The van der Waals surface area contributed by atoms with Gasteiger partial charge in [0.05, 0.1) is 0 Å². The van der Waals surface area contributed by atoms with E-state index in [0.717, 1.165) is 0 Å². The Balaban J connectivity index is 0.000000396. The third-order valence-corrected chi connectivity index (χ3v) is 3.10. The van der Waals surface area contributed by atoms with Gasteiger partial charge in [-0.3, -0.25) is 0 Å². The Kier molecular flexibility index (Phi) is 5.92. The molecule has 0 aliphatic rings. The predicted octanol–water partition coefficient (Wildman–Crippen LogP) is 2.97. The first-order valence-corrected chi connectivity index (χ1v) is 6.92. The van der Waals surface area contributed by atoms with Crippen LogP contribution in [0.4, 0.5) is 0 Å². The second-order valence-corrected chi connectivity index (χ2v) is 4.62. The lowest BCUT2D eigenvalue weighted by Crippen LogP contribution is -2.07.